The first-order chi connectivity index (χ1) is 6.22. The summed E-state index contributed by atoms with van der Waals surface area (Å²) in [7, 11) is 0. The standard InChI is InChI=1S/C11H14O2/c1-2-4-10(12)7-9-5-3-6-11(13)8-9/h2-3,5-6,8,10,12-13H,1,4,7H2. The van der Waals surface area contributed by atoms with Crippen molar-refractivity contribution in [2.75, 3.05) is 0 Å². The van der Waals surface area contributed by atoms with Gasteiger partial charge in [-0.2, -0.15) is 0 Å². The van der Waals surface area contributed by atoms with Crippen molar-refractivity contribution in [2.45, 2.75) is 18.9 Å². The van der Waals surface area contributed by atoms with E-state index in [4.69, 9.17) is 5.11 Å². The molecule has 1 aromatic carbocycles. The molecular weight excluding hydrogens is 164 g/mol. The van der Waals surface area contributed by atoms with Crippen molar-refractivity contribution in [2.24, 2.45) is 0 Å². The number of rotatable bonds is 4. The molecule has 0 saturated heterocycles. The quantitative estimate of drug-likeness (QED) is 0.691. The molecule has 1 unspecified atom stereocenters. The number of phenolic OH excluding ortho intramolecular Hbond substituents is 1. The second-order valence-electron chi connectivity index (χ2n) is 3.05. The predicted octanol–water partition coefficient (Wildman–Crippen LogP) is 1.87. The molecule has 0 fully saturated rings. The molecule has 2 nitrogen and oxygen atoms in total. The van der Waals surface area contributed by atoms with Crippen molar-refractivity contribution in [3.05, 3.63) is 42.5 Å². The monoisotopic (exact) mass is 178 g/mol. The number of aliphatic hydroxyl groups is 1. The van der Waals surface area contributed by atoms with Gasteiger partial charge in [-0.15, -0.1) is 6.58 Å². The molecule has 0 saturated carbocycles. The first-order valence-corrected chi connectivity index (χ1v) is 4.29. The van der Waals surface area contributed by atoms with Crippen molar-refractivity contribution in [3.8, 4) is 5.75 Å². The minimum Gasteiger partial charge on any atom is -0.508 e. The first kappa shape index (κ1) is 9.81. The van der Waals surface area contributed by atoms with E-state index in [9.17, 15) is 5.11 Å². The Kier molecular flexibility index (Phi) is 3.53. The van der Waals surface area contributed by atoms with Gasteiger partial charge in [0.15, 0.2) is 0 Å². The van der Waals surface area contributed by atoms with E-state index in [1.165, 1.54) is 0 Å². The molecule has 0 spiro atoms. The fraction of sp³-hybridized carbons (Fsp3) is 0.273. The fourth-order valence-electron chi connectivity index (χ4n) is 1.23. The van der Waals surface area contributed by atoms with Gasteiger partial charge in [-0.25, -0.2) is 0 Å². The Morgan fingerprint density at radius 1 is 1.46 bits per heavy atom. The van der Waals surface area contributed by atoms with E-state index in [0.29, 0.717) is 12.8 Å². The van der Waals surface area contributed by atoms with Crippen LogP contribution in [0.15, 0.2) is 36.9 Å². The maximum Gasteiger partial charge on any atom is 0.115 e. The Hall–Kier alpha value is -1.28. The molecule has 70 valence electrons. The SMILES string of the molecule is C=CCC(O)Cc1cccc(O)c1. The molecule has 0 radical (unpaired) electrons. The lowest BCUT2D eigenvalue weighted by Crippen LogP contribution is -2.08. The summed E-state index contributed by atoms with van der Waals surface area (Å²) in [5, 5.41) is 18.6. The van der Waals surface area contributed by atoms with Crippen LogP contribution in [-0.4, -0.2) is 16.3 Å². The Morgan fingerprint density at radius 2 is 2.23 bits per heavy atom. The Balaban J connectivity index is 2.58. The molecule has 2 N–H and O–H groups in total. The lowest BCUT2D eigenvalue weighted by molar-refractivity contribution is 0.178. The second kappa shape index (κ2) is 4.67. The minimum absolute atomic E-state index is 0.239. The van der Waals surface area contributed by atoms with Gasteiger partial charge < -0.3 is 10.2 Å². The summed E-state index contributed by atoms with van der Waals surface area (Å²) in [5.74, 6) is 0.239. The van der Waals surface area contributed by atoms with Crippen LogP contribution in [-0.2, 0) is 6.42 Å². The number of hydrogen-bond donors (Lipinski definition) is 2. The molecule has 2 heteroatoms. The Bertz CT molecular complexity index is 281. The van der Waals surface area contributed by atoms with Gasteiger partial charge >= 0.3 is 0 Å². The summed E-state index contributed by atoms with van der Waals surface area (Å²) < 4.78 is 0. The van der Waals surface area contributed by atoms with Gasteiger partial charge in [-0.05, 0) is 30.5 Å². The normalized spacial score (nSPS) is 12.4. The van der Waals surface area contributed by atoms with Crippen LogP contribution >= 0.6 is 0 Å². The van der Waals surface area contributed by atoms with Gasteiger partial charge in [0.1, 0.15) is 5.75 Å². The average molecular weight is 178 g/mol. The van der Waals surface area contributed by atoms with Crippen molar-refractivity contribution < 1.29 is 10.2 Å². The summed E-state index contributed by atoms with van der Waals surface area (Å²) in [6.45, 7) is 3.55. The second-order valence-corrected chi connectivity index (χ2v) is 3.05. The topological polar surface area (TPSA) is 40.5 Å². The zero-order chi connectivity index (χ0) is 9.68. The Labute approximate surface area is 78.2 Å². The van der Waals surface area contributed by atoms with E-state index in [1.807, 2.05) is 6.07 Å². The summed E-state index contributed by atoms with van der Waals surface area (Å²) in [5.41, 5.74) is 0.939. The number of aromatic hydroxyl groups is 1. The zero-order valence-corrected chi connectivity index (χ0v) is 7.48. The van der Waals surface area contributed by atoms with Crippen LogP contribution in [0.2, 0.25) is 0 Å². The highest BCUT2D eigenvalue weighted by Crippen LogP contribution is 2.13. The number of hydrogen-bond acceptors (Lipinski definition) is 2. The minimum atomic E-state index is -0.403. The van der Waals surface area contributed by atoms with Gasteiger partial charge in [-0.1, -0.05) is 18.2 Å². The predicted molar refractivity (Wildman–Crippen MR) is 52.6 cm³/mol. The maximum atomic E-state index is 9.44. The molecule has 0 heterocycles. The number of aliphatic hydroxyl groups excluding tert-OH is 1. The van der Waals surface area contributed by atoms with Crippen molar-refractivity contribution in [1.82, 2.24) is 0 Å². The maximum absolute atomic E-state index is 9.44. The van der Waals surface area contributed by atoms with Crippen molar-refractivity contribution in [1.29, 1.82) is 0 Å². The molecule has 1 atom stereocenters. The van der Waals surface area contributed by atoms with Crippen LogP contribution in [0.5, 0.6) is 5.75 Å². The summed E-state index contributed by atoms with van der Waals surface area (Å²) >= 11 is 0. The molecule has 1 aromatic rings. The number of phenols is 1. The van der Waals surface area contributed by atoms with Gasteiger partial charge in [0.05, 0.1) is 6.10 Å². The van der Waals surface area contributed by atoms with Crippen molar-refractivity contribution in [3.63, 3.8) is 0 Å². The lowest BCUT2D eigenvalue weighted by atomic mass is 10.1. The van der Waals surface area contributed by atoms with E-state index in [-0.39, 0.29) is 5.75 Å². The highest BCUT2D eigenvalue weighted by molar-refractivity contribution is 5.27. The van der Waals surface area contributed by atoms with E-state index >= 15 is 0 Å². The third-order valence-electron chi connectivity index (χ3n) is 1.82. The van der Waals surface area contributed by atoms with Crippen LogP contribution in [0.4, 0.5) is 0 Å². The zero-order valence-electron chi connectivity index (χ0n) is 7.48. The summed E-state index contributed by atoms with van der Waals surface area (Å²) in [4.78, 5) is 0. The molecule has 13 heavy (non-hydrogen) atoms. The molecule has 0 aliphatic carbocycles. The highest BCUT2D eigenvalue weighted by Gasteiger charge is 2.03. The van der Waals surface area contributed by atoms with Crippen LogP contribution in [0.1, 0.15) is 12.0 Å². The fourth-order valence-corrected chi connectivity index (χ4v) is 1.23. The average Bonchev–Trinajstić information content (AvgIpc) is 2.04. The summed E-state index contributed by atoms with van der Waals surface area (Å²) in [6.07, 6.45) is 2.42. The van der Waals surface area contributed by atoms with Crippen LogP contribution < -0.4 is 0 Å². The van der Waals surface area contributed by atoms with Gasteiger partial charge in [0.25, 0.3) is 0 Å². The highest BCUT2D eigenvalue weighted by atomic mass is 16.3. The molecular formula is C11H14O2. The van der Waals surface area contributed by atoms with Gasteiger partial charge in [-0.3, -0.25) is 0 Å². The van der Waals surface area contributed by atoms with E-state index in [2.05, 4.69) is 6.58 Å². The van der Waals surface area contributed by atoms with Crippen LogP contribution in [0.25, 0.3) is 0 Å². The van der Waals surface area contributed by atoms with Gasteiger partial charge in [0, 0.05) is 0 Å². The third-order valence-corrected chi connectivity index (χ3v) is 1.82. The molecule has 0 bridgehead atoms. The van der Waals surface area contributed by atoms with Crippen molar-refractivity contribution >= 4 is 0 Å². The number of benzene rings is 1. The third kappa shape index (κ3) is 3.30. The molecule has 0 aliphatic heterocycles. The largest absolute Gasteiger partial charge is 0.508 e. The van der Waals surface area contributed by atoms with E-state index in [1.54, 1.807) is 24.3 Å². The Morgan fingerprint density at radius 3 is 2.85 bits per heavy atom. The van der Waals surface area contributed by atoms with E-state index in [0.717, 1.165) is 5.56 Å². The van der Waals surface area contributed by atoms with Crippen LogP contribution in [0.3, 0.4) is 0 Å². The van der Waals surface area contributed by atoms with E-state index < -0.39 is 6.10 Å². The lowest BCUT2D eigenvalue weighted by Gasteiger charge is -2.07. The molecule has 1 rings (SSSR count). The summed E-state index contributed by atoms with van der Waals surface area (Å²) in [6, 6.07) is 6.92. The molecule has 0 amide bonds. The van der Waals surface area contributed by atoms with Crippen LogP contribution in [0, 0.1) is 0 Å². The molecule has 0 aliphatic rings. The van der Waals surface area contributed by atoms with Gasteiger partial charge in [0.2, 0.25) is 0 Å². The molecule has 0 aromatic heterocycles. The first-order valence-electron chi connectivity index (χ1n) is 4.29. The smallest absolute Gasteiger partial charge is 0.115 e.